The fourth-order valence-corrected chi connectivity index (χ4v) is 1.66. The first kappa shape index (κ1) is 13.1. The van der Waals surface area contributed by atoms with E-state index in [0.29, 0.717) is 18.8 Å². The molecule has 0 bridgehead atoms. The zero-order valence-electron chi connectivity index (χ0n) is 10.5. The second-order valence-electron chi connectivity index (χ2n) is 3.98. The summed E-state index contributed by atoms with van der Waals surface area (Å²) < 4.78 is 4.78. The molecule has 1 heterocycles. The van der Waals surface area contributed by atoms with Crippen molar-refractivity contribution in [2.24, 2.45) is 0 Å². The van der Waals surface area contributed by atoms with Gasteiger partial charge in [-0.25, -0.2) is 0 Å². The van der Waals surface area contributed by atoms with E-state index >= 15 is 0 Å². The molecule has 1 aromatic heterocycles. The lowest BCUT2D eigenvalue weighted by molar-refractivity contribution is -0.136. The number of anilines is 1. The quantitative estimate of drug-likeness (QED) is 0.564. The van der Waals surface area contributed by atoms with Crippen LogP contribution < -0.4 is 10.6 Å². The lowest BCUT2D eigenvalue weighted by atomic mass is 10.2. The molecule has 6 nitrogen and oxygen atoms in total. The first-order valence-corrected chi connectivity index (χ1v) is 5.86. The molecule has 0 saturated heterocycles. The van der Waals surface area contributed by atoms with Crippen molar-refractivity contribution in [1.82, 2.24) is 10.3 Å². The maximum absolute atomic E-state index is 11.6. The van der Waals surface area contributed by atoms with Gasteiger partial charge >= 0.3 is 11.8 Å². The van der Waals surface area contributed by atoms with Crippen LogP contribution in [0.5, 0.6) is 0 Å². The highest BCUT2D eigenvalue weighted by molar-refractivity contribution is 6.39. The van der Waals surface area contributed by atoms with Crippen molar-refractivity contribution in [3.8, 4) is 0 Å². The van der Waals surface area contributed by atoms with E-state index in [2.05, 4.69) is 15.6 Å². The average Bonchev–Trinajstić information content (AvgIpc) is 2.86. The van der Waals surface area contributed by atoms with Crippen LogP contribution in [0, 0.1) is 0 Å². The van der Waals surface area contributed by atoms with Gasteiger partial charge in [-0.15, -0.1) is 0 Å². The van der Waals surface area contributed by atoms with Gasteiger partial charge in [0, 0.05) is 31.1 Å². The maximum Gasteiger partial charge on any atom is 0.313 e. The topological polar surface area (TPSA) is 83.2 Å². The van der Waals surface area contributed by atoms with Crippen molar-refractivity contribution < 1.29 is 14.3 Å². The first-order valence-electron chi connectivity index (χ1n) is 5.86. The van der Waals surface area contributed by atoms with Gasteiger partial charge < -0.3 is 20.4 Å². The summed E-state index contributed by atoms with van der Waals surface area (Å²) in [6, 6.07) is 7.31. The fourth-order valence-electron chi connectivity index (χ4n) is 1.66. The highest BCUT2D eigenvalue weighted by atomic mass is 16.5. The minimum Gasteiger partial charge on any atom is -0.383 e. The number of hydrogen-bond donors (Lipinski definition) is 3. The van der Waals surface area contributed by atoms with Crippen LogP contribution in [0.3, 0.4) is 0 Å². The number of carbonyl (C=O) groups is 2. The molecule has 2 aromatic rings. The maximum atomic E-state index is 11.6. The predicted molar refractivity (Wildman–Crippen MR) is 71.8 cm³/mol. The minimum absolute atomic E-state index is 0.304. The predicted octanol–water partition coefficient (Wildman–Crippen LogP) is 0.869. The number of amides is 2. The van der Waals surface area contributed by atoms with Crippen molar-refractivity contribution in [2.45, 2.75) is 0 Å². The standard InChI is InChI=1S/C13H15N3O3/c1-19-7-6-15-12(17)13(18)16-10-3-2-9-4-5-14-11(9)8-10/h2-5,8,14H,6-7H2,1H3,(H,15,17)(H,16,18). The molecule has 0 saturated carbocycles. The Kier molecular flexibility index (Phi) is 4.15. The zero-order valence-corrected chi connectivity index (χ0v) is 10.5. The lowest BCUT2D eigenvalue weighted by Gasteiger charge is -2.06. The number of nitrogens with one attached hydrogen (secondary N) is 3. The lowest BCUT2D eigenvalue weighted by Crippen LogP contribution is -2.37. The third-order valence-corrected chi connectivity index (χ3v) is 2.61. The minimum atomic E-state index is -0.693. The molecule has 100 valence electrons. The Morgan fingerprint density at radius 1 is 1.26 bits per heavy atom. The van der Waals surface area contributed by atoms with Crippen molar-refractivity contribution in [3.05, 3.63) is 30.5 Å². The molecule has 0 unspecified atom stereocenters. The van der Waals surface area contributed by atoms with Gasteiger partial charge in [0.2, 0.25) is 0 Å². The molecule has 0 spiro atoms. The van der Waals surface area contributed by atoms with Gasteiger partial charge in [0.05, 0.1) is 6.61 Å². The molecule has 0 fully saturated rings. The van der Waals surface area contributed by atoms with E-state index in [9.17, 15) is 9.59 Å². The van der Waals surface area contributed by atoms with Gasteiger partial charge in [-0.3, -0.25) is 9.59 Å². The van der Waals surface area contributed by atoms with Crippen LogP contribution in [0.1, 0.15) is 0 Å². The molecule has 6 heteroatoms. The Balaban J connectivity index is 1.95. The van der Waals surface area contributed by atoms with Gasteiger partial charge in [-0.2, -0.15) is 0 Å². The SMILES string of the molecule is COCCNC(=O)C(=O)Nc1ccc2cc[nH]c2c1. The van der Waals surface area contributed by atoms with E-state index in [0.717, 1.165) is 10.9 Å². The van der Waals surface area contributed by atoms with Crippen LogP contribution in [-0.2, 0) is 14.3 Å². The number of fused-ring (bicyclic) bond motifs is 1. The number of benzene rings is 1. The average molecular weight is 261 g/mol. The summed E-state index contributed by atoms with van der Waals surface area (Å²) in [5, 5.41) is 6.03. The van der Waals surface area contributed by atoms with Gasteiger partial charge in [0.25, 0.3) is 0 Å². The summed E-state index contributed by atoms with van der Waals surface area (Å²) in [4.78, 5) is 26.1. The van der Waals surface area contributed by atoms with E-state index in [4.69, 9.17) is 4.74 Å². The smallest absolute Gasteiger partial charge is 0.313 e. The number of ether oxygens (including phenoxy) is 1. The van der Waals surface area contributed by atoms with Crippen LogP contribution in [0.15, 0.2) is 30.5 Å². The highest BCUT2D eigenvalue weighted by Crippen LogP contribution is 2.17. The van der Waals surface area contributed by atoms with E-state index in [1.807, 2.05) is 18.3 Å². The number of hydrogen-bond acceptors (Lipinski definition) is 3. The van der Waals surface area contributed by atoms with Gasteiger partial charge in [0.1, 0.15) is 0 Å². The summed E-state index contributed by atoms with van der Waals surface area (Å²) >= 11 is 0. The Bertz CT molecular complexity index is 592. The van der Waals surface area contributed by atoms with E-state index in [1.165, 1.54) is 7.11 Å². The molecule has 1 aromatic carbocycles. The Morgan fingerprint density at radius 3 is 2.89 bits per heavy atom. The summed E-state index contributed by atoms with van der Waals surface area (Å²) in [7, 11) is 1.53. The number of aromatic nitrogens is 1. The van der Waals surface area contributed by atoms with Crippen LogP contribution >= 0.6 is 0 Å². The third-order valence-electron chi connectivity index (χ3n) is 2.61. The highest BCUT2D eigenvalue weighted by Gasteiger charge is 2.13. The molecule has 0 radical (unpaired) electrons. The molecule has 0 atom stereocenters. The molecular formula is C13H15N3O3. The molecule has 19 heavy (non-hydrogen) atoms. The van der Waals surface area contributed by atoms with Crippen molar-refractivity contribution in [1.29, 1.82) is 0 Å². The van der Waals surface area contributed by atoms with Crippen LogP contribution in [0.2, 0.25) is 0 Å². The molecular weight excluding hydrogens is 246 g/mol. The second kappa shape index (κ2) is 6.01. The number of H-pyrrole nitrogens is 1. The van der Waals surface area contributed by atoms with Crippen LogP contribution in [0.25, 0.3) is 10.9 Å². The third kappa shape index (κ3) is 3.32. The molecule has 0 aliphatic carbocycles. The monoisotopic (exact) mass is 261 g/mol. The van der Waals surface area contributed by atoms with E-state index < -0.39 is 11.8 Å². The summed E-state index contributed by atoms with van der Waals surface area (Å²) in [6.45, 7) is 0.672. The van der Waals surface area contributed by atoms with E-state index in [1.54, 1.807) is 12.1 Å². The van der Waals surface area contributed by atoms with Gasteiger partial charge in [0.15, 0.2) is 0 Å². The van der Waals surface area contributed by atoms with Gasteiger partial charge in [-0.05, 0) is 23.6 Å². The number of rotatable bonds is 4. The first-order chi connectivity index (χ1) is 9.20. The second-order valence-corrected chi connectivity index (χ2v) is 3.98. The summed E-state index contributed by atoms with van der Waals surface area (Å²) in [6.07, 6.45) is 1.81. The van der Waals surface area contributed by atoms with Crippen LogP contribution in [0.4, 0.5) is 5.69 Å². The number of aromatic amines is 1. The molecule has 3 N–H and O–H groups in total. The molecule has 2 rings (SSSR count). The molecule has 2 amide bonds. The Hall–Kier alpha value is -2.34. The Labute approximate surface area is 110 Å². The Morgan fingerprint density at radius 2 is 2.11 bits per heavy atom. The normalized spacial score (nSPS) is 10.4. The van der Waals surface area contributed by atoms with Crippen molar-refractivity contribution in [3.63, 3.8) is 0 Å². The summed E-state index contributed by atoms with van der Waals surface area (Å²) in [5.74, 6) is -1.37. The van der Waals surface area contributed by atoms with Crippen LogP contribution in [-0.4, -0.2) is 37.1 Å². The molecule has 0 aliphatic heterocycles. The molecule has 0 aliphatic rings. The van der Waals surface area contributed by atoms with Crippen molar-refractivity contribution >= 4 is 28.4 Å². The van der Waals surface area contributed by atoms with Gasteiger partial charge in [-0.1, -0.05) is 6.07 Å². The number of carbonyl (C=O) groups excluding carboxylic acids is 2. The summed E-state index contributed by atoms with van der Waals surface area (Å²) in [5.41, 5.74) is 1.47. The van der Waals surface area contributed by atoms with E-state index in [-0.39, 0.29) is 0 Å². The fraction of sp³-hybridized carbons (Fsp3) is 0.231. The largest absolute Gasteiger partial charge is 0.383 e. The van der Waals surface area contributed by atoms with Crippen molar-refractivity contribution in [2.75, 3.05) is 25.6 Å². The number of methoxy groups -OCH3 is 1. The zero-order chi connectivity index (χ0) is 13.7.